The molecule has 0 spiro atoms. The Morgan fingerprint density at radius 2 is 1.87 bits per heavy atom. The summed E-state index contributed by atoms with van der Waals surface area (Å²) in [6.45, 7) is 1.49. The van der Waals surface area contributed by atoms with E-state index >= 15 is 0 Å². The number of rotatable bonds is 6. The van der Waals surface area contributed by atoms with Gasteiger partial charge >= 0.3 is 12.0 Å². The summed E-state index contributed by atoms with van der Waals surface area (Å²) in [6, 6.07) is 8.49. The smallest absolute Gasteiger partial charge is 0.344 e. The van der Waals surface area contributed by atoms with Crippen LogP contribution in [-0.4, -0.2) is 37.0 Å². The summed E-state index contributed by atoms with van der Waals surface area (Å²) in [6.07, 6.45) is 1.24. The number of amides is 4. The molecule has 1 heterocycles. The van der Waals surface area contributed by atoms with Crippen molar-refractivity contribution in [3.63, 3.8) is 0 Å². The van der Waals surface area contributed by atoms with Crippen molar-refractivity contribution in [2.45, 2.75) is 6.92 Å². The molecule has 1 N–H and O–H groups in total. The van der Waals surface area contributed by atoms with E-state index in [9.17, 15) is 23.6 Å². The van der Waals surface area contributed by atoms with Gasteiger partial charge in [-0.3, -0.25) is 14.9 Å². The number of nitrogens with one attached hydrogen (secondary N) is 1. The normalized spacial score (nSPS) is 15.1. The number of urea groups is 1. The highest BCUT2D eigenvalue weighted by molar-refractivity contribution is 9.10. The van der Waals surface area contributed by atoms with E-state index in [1.807, 2.05) is 0 Å². The summed E-state index contributed by atoms with van der Waals surface area (Å²) in [4.78, 5) is 49.8. The number of imide groups is 2. The van der Waals surface area contributed by atoms with E-state index in [0.29, 0.717) is 10.0 Å². The highest BCUT2D eigenvalue weighted by Crippen LogP contribution is 2.28. The molecule has 0 unspecified atom stereocenters. The monoisotopic (exact) mass is 490 g/mol. The third-order valence-corrected chi connectivity index (χ3v) is 4.60. The Labute approximate surface area is 184 Å². The van der Waals surface area contributed by atoms with Crippen LogP contribution in [0.25, 0.3) is 6.08 Å². The Kier molecular flexibility index (Phi) is 6.81. The highest BCUT2D eigenvalue weighted by Gasteiger charge is 2.37. The van der Waals surface area contributed by atoms with Crippen LogP contribution >= 0.6 is 15.9 Å². The SMILES string of the molecule is CCOC(=O)COc1ccc(Br)cc1/C=C1\C(=O)NC(=O)N(c2ccc(F)cc2)C1=O. The minimum atomic E-state index is -0.952. The Morgan fingerprint density at radius 3 is 2.55 bits per heavy atom. The number of anilines is 1. The quantitative estimate of drug-likeness (QED) is 0.379. The number of ether oxygens (including phenoxy) is 2. The molecule has 31 heavy (non-hydrogen) atoms. The molecule has 160 valence electrons. The second kappa shape index (κ2) is 9.52. The Hall–Kier alpha value is -3.53. The van der Waals surface area contributed by atoms with Gasteiger partial charge < -0.3 is 9.47 Å². The molecule has 1 aliphatic rings. The number of carbonyl (C=O) groups is 4. The zero-order valence-corrected chi connectivity index (χ0v) is 17.8. The van der Waals surface area contributed by atoms with Gasteiger partial charge in [-0.1, -0.05) is 15.9 Å². The summed E-state index contributed by atoms with van der Waals surface area (Å²) >= 11 is 3.30. The summed E-state index contributed by atoms with van der Waals surface area (Å²) in [7, 11) is 0. The lowest BCUT2D eigenvalue weighted by Gasteiger charge is -2.26. The Morgan fingerprint density at radius 1 is 1.16 bits per heavy atom. The van der Waals surface area contributed by atoms with E-state index in [4.69, 9.17) is 9.47 Å². The lowest BCUT2D eigenvalue weighted by molar-refractivity contribution is -0.145. The number of barbiturate groups is 1. The molecule has 1 fully saturated rings. The van der Waals surface area contributed by atoms with E-state index in [1.165, 1.54) is 18.2 Å². The van der Waals surface area contributed by atoms with Crippen LogP contribution in [0, 0.1) is 5.82 Å². The largest absolute Gasteiger partial charge is 0.481 e. The number of nitrogens with zero attached hydrogens (tertiary/aromatic N) is 1. The standard InChI is InChI=1S/C21H16BrFN2O6/c1-2-30-18(26)11-31-17-8-3-13(22)9-12(17)10-16-19(27)24-21(29)25(20(16)28)15-6-4-14(23)5-7-15/h3-10H,2,11H2,1H3,(H,24,27,29)/b16-10+. The fraction of sp³-hybridized carbons (Fsp3) is 0.143. The number of hydrogen-bond donors (Lipinski definition) is 1. The topological polar surface area (TPSA) is 102 Å². The van der Waals surface area contributed by atoms with Gasteiger partial charge in [-0.05, 0) is 55.5 Å². The van der Waals surface area contributed by atoms with Gasteiger partial charge in [0.05, 0.1) is 12.3 Å². The third kappa shape index (κ3) is 5.15. The molecule has 0 saturated carbocycles. The Bertz CT molecular complexity index is 1080. The molecule has 0 aromatic heterocycles. The first-order valence-corrected chi connectivity index (χ1v) is 9.84. The molecule has 2 aromatic rings. The van der Waals surface area contributed by atoms with Crippen LogP contribution in [0.1, 0.15) is 12.5 Å². The van der Waals surface area contributed by atoms with Crippen LogP contribution in [0.2, 0.25) is 0 Å². The minimum Gasteiger partial charge on any atom is -0.481 e. The average molecular weight is 491 g/mol. The van der Waals surface area contributed by atoms with Crippen molar-refractivity contribution in [2.75, 3.05) is 18.1 Å². The number of benzene rings is 2. The fourth-order valence-corrected chi connectivity index (χ4v) is 3.12. The molecule has 1 saturated heterocycles. The maximum Gasteiger partial charge on any atom is 0.344 e. The number of carbonyl (C=O) groups excluding carboxylic acids is 4. The predicted molar refractivity (Wildman–Crippen MR) is 112 cm³/mol. The van der Waals surface area contributed by atoms with Gasteiger partial charge in [0.2, 0.25) is 0 Å². The van der Waals surface area contributed by atoms with Crippen molar-refractivity contribution in [3.05, 3.63) is 63.9 Å². The summed E-state index contributed by atoms with van der Waals surface area (Å²) in [5, 5.41) is 2.08. The van der Waals surface area contributed by atoms with Crippen LogP contribution < -0.4 is 15.0 Å². The van der Waals surface area contributed by atoms with Gasteiger partial charge in [0.15, 0.2) is 6.61 Å². The maximum atomic E-state index is 13.2. The molecule has 0 radical (unpaired) electrons. The number of hydrogen-bond acceptors (Lipinski definition) is 6. The van der Waals surface area contributed by atoms with Crippen LogP contribution in [0.5, 0.6) is 5.75 Å². The highest BCUT2D eigenvalue weighted by atomic mass is 79.9. The van der Waals surface area contributed by atoms with Crippen molar-refractivity contribution in [1.29, 1.82) is 0 Å². The van der Waals surface area contributed by atoms with E-state index in [0.717, 1.165) is 17.0 Å². The van der Waals surface area contributed by atoms with Crippen LogP contribution in [-0.2, 0) is 19.1 Å². The molecule has 4 amide bonds. The number of esters is 1. The molecule has 0 atom stereocenters. The maximum absolute atomic E-state index is 13.2. The van der Waals surface area contributed by atoms with Gasteiger partial charge in [0.1, 0.15) is 17.1 Å². The lowest BCUT2D eigenvalue weighted by Crippen LogP contribution is -2.54. The summed E-state index contributed by atoms with van der Waals surface area (Å²) in [5.41, 5.74) is 0.0592. The van der Waals surface area contributed by atoms with E-state index in [2.05, 4.69) is 21.2 Å². The third-order valence-electron chi connectivity index (χ3n) is 4.11. The van der Waals surface area contributed by atoms with E-state index in [-0.39, 0.29) is 30.2 Å². The molecular weight excluding hydrogens is 475 g/mol. The molecule has 3 rings (SSSR count). The first kappa shape index (κ1) is 22.2. The zero-order valence-electron chi connectivity index (χ0n) is 16.2. The van der Waals surface area contributed by atoms with Gasteiger partial charge in [-0.15, -0.1) is 0 Å². The molecule has 0 bridgehead atoms. The predicted octanol–water partition coefficient (Wildman–Crippen LogP) is 3.20. The second-order valence-corrected chi connectivity index (χ2v) is 7.13. The van der Waals surface area contributed by atoms with Gasteiger partial charge in [-0.25, -0.2) is 18.9 Å². The van der Waals surface area contributed by atoms with Crippen LogP contribution in [0.3, 0.4) is 0 Å². The van der Waals surface area contributed by atoms with Crippen molar-refractivity contribution < 1.29 is 33.0 Å². The van der Waals surface area contributed by atoms with Crippen molar-refractivity contribution in [3.8, 4) is 5.75 Å². The second-order valence-electron chi connectivity index (χ2n) is 6.21. The summed E-state index contributed by atoms with van der Waals surface area (Å²) < 4.78 is 24.1. The van der Waals surface area contributed by atoms with Crippen LogP contribution in [0.15, 0.2) is 52.5 Å². The number of halogens is 2. The van der Waals surface area contributed by atoms with Gasteiger partial charge in [-0.2, -0.15) is 0 Å². The fourth-order valence-electron chi connectivity index (χ4n) is 2.74. The molecule has 0 aliphatic carbocycles. The van der Waals surface area contributed by atoms with Gasteiger partial charge in [0.25, 0.3) is 11.8 Å². The zero-order chi connectivity index (χ0) is 22.5. The first-order chi connectivity index (χ1) is 14.8. The van der Waals surface area contributed by atoms with Gasteiger partial charge in [0, 0.05) is 10.0 Å². The molecule has 1 aliphatic heterocycles. The minimum absolute atomic E-state index is 0.0929. The van der Waals surface area contributed by atoms with Crippen molar-refractivity contribution >= 4 is 51.5 Å². The summed E-state index contributed by atoms with van der Waals surface area (Å²) in [5.74, 6) is -2.70. The van der Waals surface area contributed by atoms with Crippen molar-refractivity contribution in [2.24, 2.45) is 0 Å². The van der Waals surface area contributed by atoms with Crippen molar-refractivity contribution in [1.82, 2.24) is 5.32 Å². The average Bonchev–Trinajstić information content (AvgIpc) is 2.72. The first-order valence-electron chi connectivity index (χ1n) is 9.05. The molecule has 8 nitrogen and oxygen atoms in total. The van der Waals surface area contributed by atoms with E-state index in [1.54, 1.807) is 25.1 Å². The van der Waals surface area contributed by atoms with E-state index < -0.39 is 29.6 Å². The van der Waals surface area contributed by atoms with Crippen LogP contribution in [0.4, 0.5) is 14.9 Å². The molecule has 2 aromatic carbocycles. The molecule has 10 heteroatoms. The Balaban J connectivity index is 1.95. The lowest BCUT2D eigenvalue weighted by atomic mass is 10.1. The molecular formula is C21H16BrFN2O6.